The summed E-state index contributed by atoms with van der Waals surface area (Å²) in [5.41, 5.74) is 0. The number of hydrogen-bond acceptors (Lipinski definition) is 4. The quantitative estimate of drug-likeness (QED) is 0.348. The Kier molecular flexibility index (Phi) is 9.10. The summed E-state index contributed by atoms with van der Waals surface area (Å²) in [5, 5.41) is 0.674. The molecule has 0 spiro atoms. The Morgan fingerprint density at radius 1 is 1.05 bits per heavy atom. The summed E-state index contributed by atoms with van der Waals surface area (Å²) in [5.74, 6) is -0.302. The van der Waals surface area contributed by atoms with Crippen LogP contribution in [0.25, 0.3) is 0 Å². The summed E-state index contributed by atoms with van der Waals surface area (Å²) < 4.78 is 23.9. The van der Waals surface area contributed by atoms with Crippen molar-refractivity contribution in [2.24, 2.45) is 0 Å². The summed E-state index contributed by atoms with van der Waals surface area (Å²) in [7, 11) is -3.00. The van der Waals surface area contributed by atoms with Crippen LogP contribution in [0.3, 0.4) is 0 Å². The second-order valence-electron chi connectivity index (χ2n) is 5.24. The van der Waals surface area contributed by atoms with Crippen LogP contribution >= 0.6 is 7.37 Å². The van der Waals surface area contributed by atoms with E-state index in [0.29, 0.717) is 18.5 Å². The van der Waals surface area contributed by atoms with Crippen LogP contribution in [0.4, 0.5) is 0 Å². The van der Waals surface area contributed by atoms with Crippen molar-refractivity contribution in [2.45, 2.75) is 46.0 Å². The number of ether oxygens (including phenoxy) is 1. The largest absolute Gasteiger partial charge is 0.466 e. The molecule has 0 saturated carbocycles. The third-order valence-corrected chi connectivity index (χ3v) is 5.82. The number of carbonyl (C=O) groups excluding carboxylic acids is 1. The van der Waals surface area contributed by atoms with E-state index in [9.17, 15) is 9.36 Å². The molecule has 124 valence electrons. The minimum absolute atomic E-state index is 0.127. The van der Waals surface area contributed by atoms with Gasteiger partial charge in [0.2, 0.25) is 7.37 Å². The number of benzene rings is 1. The molecule has 4 nitrogen and oxygen atoms in total. The van der Waals surface area contributed by atoms with Gasteiger partial charge in [0.25, 0.3) is 0 Å². The predicted molar refractivity (Wildman–Crippen MR) is 89.9 cm³/mol. The van der Waals surface area contributed by atoms with Crippen molar-refractivity contribution in [3.8, 4) is 0 Å². The highest BCUT2D eigenvalue weighted by Gasteiger charge is 2.26. The monoisotopic (exact) mass is 326 g/mol. The molecule has 1 unspecified atom stereocenters. The molecule has 0 aliphatic rings. The molecule has 0 aliphatic heterocycles. The molecule has 1 rings (SSSR count). The van der Waals surface area contributed by atoms with E-state index in [1.54, 1.807) is 12.1 Å². The van der Waals surface area contributed by atoms with Gasteiger partial charge in [-0.05, 0) is 25.0 Å². The number of rotatable bonds is 11. The van der Waals surface area contributed by atoms with E-state index in [1.165, 1.54) is 0 Å². The first-order valence-corrected chi connectivity index (χ1v) is 9.88. The summed E-state index contributed by atoms with van der Waals surface area (Å²) in [4.78, 5) is 11.7. The highest BCUT2D eigenvalue weighted by Crippen LogP contribution is 2.46. The lowest BCUT2D eigenvalue weighted by molar-refractivity contribution is -0.143. The highest BCUT2D eigenvalue weighted by molar-refractivity contribution is 7.67. The molecule has 0 fully saturated rings. The minimum atomic E-state index is -3.00. The lowest BCUT2D eigenvalue weighted by Crippen LogP contribution is -2.15. The topological polar surface area (TPSA) is 52.6 Å². The van der Waals surface area contributed by atoms with Gasteiger partial charge in [0.05, 0.1) is 19.6 Å². The van der Waals surface area contributed by atoms with E-state index in [1.807, 2.05) is 25.1 Å². The fourth-order valence-electron chi connectivity index (χ4n) is 1.92. The molecule has 1 atom stereocenters. The van der Waals surface area contributed by atoms with Gasteiger partial charge in [0, 0.05) is 11.5 Å². The molecule has 5 heteroatoms. The van der Waals surface area contributed by atoms with Gasteiger partial charge in [-0.3, -0.25) is 9.36 Å². The Balaban J connectivity index is 2.62. The van der Waals surface area contributed by atoms with E-state index in [2.05, 4.69) is 6.92 Å². The molecule has 1 aromatic rings. The maximum absolute atomic E-state index is 13.1. The Morgan fingerprint density at radius 3 is 2.32 bits per heavy atom. The molecule has 1 aromatic carbocycles. The van der Waals surface area contributed by atoms with E-state index >= 15 is 0 Å². The molecule has 22 heavy (non-hydrogen) atoms. The molecule has 0 aliphatic carbocycles. The summed E-state index contributed by atoms with van der Waals surface area (Å²) >= 11 is 0. The molecule has 0 N–H and O–H groups in total. The van der Waals surface area contributed by atoms with Crippen LogP contribution in [0.15, 0.2) is 30.3 Å². The first-order valence-electron chi connectivity index (χ1n) is 8.07. The molecular formula is C17H27O4P. The van der Waals surface area contributed by atoms with Gasteiger partial charge in [-0.1, -0.05) is 44.9 Å². The Labute approximate surface area is 133 Å². The second kappa shape index (κ2) is 10.6. The molecule has 0 aromatic heterocycles. The summed E-state index contributed by atoms with van der Waals surface area (Å²) in [6.45, 7) is 4.98. The third-order valence-electron chi connectivity index (χ3n) is 3.32. The van der Waals surface area contributed by atoms with Gasteiger partial charge >= 0.3 is 5.97 Å². The van der Waals surface area contributed by atoms with Crippen LogP contribution in [-0.2, 0) is 18.6 Å². The number of hydrogen-bond donors (Lipinski definition) is 0. The highest BCUT2D eigenvalue weighted by atomic mass is 31.2. The van der Waals surface area contributed by atoms with Crippen LogP contribution < -0.4 is 5.30 Å². The predicted octanol–water partition coefficient (Wildman–Crippen LogP) is 4.14. The number of carbonyl (C=O) groups is 1. The first-order chi connectivity index (χ1) is 10.6. The van der Waals surface area contributed by atoms with Gasteiger partial charge < -0.3 is 9.26 Å². The smallest absolute Gasteiger partial charge is 0.306 e. The molecule has 0 heterocycles. The van der Waals surface area contributed by atoms with Crippen molar-refractivity contribution < 1.29 is 18.6 Å². The van der Waals surface area contributed by atoms with Crippen molar-refractivity contribution in [1.29, 1.82) is 0 Å². The molecule has 0 saturated heterocycles. The van der Waals surface area contributed by atoms with Crippen molar-refractivity contribution in [1.82, 2.24) is 0 Å². The van der Waals surface area contributed by atoms with E-state index in [4.69, 9.17) is 9.26 Å². The van der Waals surface area contributed by atoms with Crippen LogP contribution in [0.2, 0.25) is 0 Å². The van der Waals surface area contributed by atoms with Crippen LogP contribution in [0.5, 0.6) is 0 Å². The molecule has 0 radical (unpaired) electrons. The number of esters is 1. The Morgan fingerprint density at radius 2 is 1.68 bits per heavy atom. The van der Waals surface area contributed by atoms with Gasteiger partial charge in [-0.25, -0.2) is 0 Å². The average Bonchev–Trinajstić information content (AvgIpc) is 2.54. The van der Waals surface area contributed by atoms with Crippen LogP contribution in [-0.4, -0.2) is 25.3 Å². The van der Waals surface area contributed by atoms with Crippen LogP contribution in [0, 0.1) is 0 Å². The average molecular weight is 326 g/mol. The Hall–Kier alpha value is -1.12. The van der Waals surface area contributed by atoms with Gasteiger partial charge in [-0.15, -0.1) is 0 Å². The zero-order valence-electron chi connectivity index (χ0n) is 13.6. The van der Waals surface area contributed by atoms with Crippen molar-refractivity contribution in [2.75, 3.05) is 19.4 Å². The van der Waals surface area contributed by atoms with Crippen molar-refractivity contribution in [3.05, 3.63) is 30.3 Å². The van der Waals surface area contributed by atoms with Crippen molar-refractivity contribution >= 4 is 18.6 Å². The Bertz CT molecular complexity index is 473. The maximum Gasteiger partial charge on any atom is 0.306 e. The van der Waals surface area contributed by atoms with E-state index < -0.39 is 7.37 Å². The third kappa shape index (κ3) is 6.76. The SMILES string of the molecule is CCCCOC(=O)CCP(=O)(OCCCC)c1ccccc1. The lowest BCUT2D eigenvalue weighted by atomic mass is 10.4. The summed E-state index contributed by atoms with van der Waals surface area (Å²) in [6, 6.07) is 9.15. The lowest BCUT2D eigenvalue weighted by Gasteiger charge is -2.18. The van der Waals surface area contributed by atoms with Crippen molar-refractivity contribution in [3.63, 3.8) is 0 Å². The molecule has 0 bridgehead atoms. The van der Waals surface area contributed by atoms with Gasteiger partial charge in [0.1, 0.15) is 0 Å². The maximum atomic E-state index is 13.1. The molecular weight excluding hydrogens is 299 g/mol. The molecule has 0 amide bonds. The first kappa shape index (κ1) is 18.9. The van der Waals surface area contributed by atoms with E-state index in [0.717, 1.165) is 25.7 Å². The fraction of sp³-hybridized carbons (Fsp3) is 0.588. The fourth-order valence-corrected chi connectivity index (χ4v) is 3.98. The van der Waals surface area contributed by atoms with E-state index in [-0.39, 0.29) is 18.6 Å². The van der Waals surface area contributed by atoms with Gasteiger partial charge in [0.15, 0.2) is 0 Å². The minimum Gasteiger partial charge on any atom is -0.466 e. The normalized spacial score (nSPS) is 13.5. The zero-order chi connectivity index (χ0) is 16.3. The zero-order valence-corrected chi connectivity index (χ0v) is 14.5. The second-order valence-corrected chi connectivity index (χ2v) is 7.81. The van der Waals surface area contributed by atoms with Gasteiger partial charge in [-0.2, -0.15) is 0 Å². The standard InChI is InChI=1S/C17H27O4P/c1-3-5-13-20-17(18)12-15-22(19,21-14-6-4-2)16-10-8-7-9-11-16/h7-11H,3-6,12-15H2,1-2H3. The summed E-state index contributed by atoms with van der Waals surface area (Å²) in [6.07, 6.45) is 4.00. The van der Waals surface area contributed by atoms with Crippen LogP contribution in [0.1, 0.15) is 46.0 Å². The number of unbranched alkanes of at least 4 members (excludes halogenated alkanes) is 2.